The first kappa shape index (κ1) is 13.6. The van der Waals surface area contributed by atoms with Crippen molar-refractivity contribution in [3.05, 3.63) is 33.8 Å². The third-order valence-electron chi connectivity index (χ3n) is 4.22. The van der Waals surface area contributed by atoms with Crippen molar-refractivity contribution in [3.8, 4) is 0 Å². The van der Waals surface area contributed by atoms with Crippen LogP contribution in [0.2, 0.25) is 0 Å². The molecule has 0 unspecified atom stereocenters. The summed E-state index contributed by atoms with van der Waals surface area (Å²) in [6.07, 6.45) is 2.85. The summed E-state index contributed by atoms with van der Waals surface area (Å²) in [4.78, 5) is 5.21. The minimum absolute atomic E-state index is 0.610. The largest absolute Gasteiger partial charge is 0.326 e. The van der Waals surface area contributed by atoms with E-state index in [0.29, 0.717) is 6.54 Å². The lowest BCUT2D eigenvalue weighted by Gasteiger charge is -2.35. The van der Waals surface area contributed by atoms with Gasteiger partial charge in [0, 0.05) is 49.8 Å². The number of hydrogen-bond donors (Lipinski definition) is 1. The average molecular weight is 324 g/mol. The van der Waals surface area contributed by atoms with Crippen LogP contribution in [0.4, 0.5) is 0 Å². The topological polar surface area (TPSA) is 32.5 Å². The number of hydrogen-bond acceptors (Lipinski definition) is 3. The van der Waals surface area contributed by atoms with Crippen LogP contribution in [0.5, 0.6) is 0 Å². The number of nitrogens with zero attached hydrogens (tertiary/aromatic N) is 2. The van der Waals surface area contributed by atoms with Crippen LogP contribution in [0.3, 0.4) is 0 Å². The Balaban J connectivity index is 1.56. The van der Waals surface area contributed by atoms with E-state index in [-0.39, 0.29) is 0 Å². The molecule has 0 bridgehead atoms. The van der Waals surface area contributed by atoms with Crippen molar-refractivity contribution in [1.29, 1.82) is 0 Å². The Bertz CT molecular complexity index is 437. The maximum absolute atomic E-state index is 5.67. The maximum atomic E-state index is 5.67. The molecule has 1 aliphatic carbocycles. The van der Waals surface area contributed by atoms with E-state index in [4.69, 9.17) is 5.73 Å². The summed E-state index contributed by atoms with van der Waals surface area (Å²) in [6, 6.07) is 7.41. The zero-order chi connectivity index (χ0) is 13.2. The van der Waals surface area contributed by atoms with Gasteiger partial charge in [0.1, 0.15) is 0 Å². The molecule has 3 rings (SSSR count). The van der Waals surface area contributed by atoms with E-state index in [9.17, 15) is 0 Å². The SMILES string of the molecule is NCc1ccc(CN2CCN(C3CC3)CC2)c(Br)c1. The van der Waals surface area contributed by atoms with Crippen molar-refractivity contribution < 1.29 is 0 Å². The lowest BCUT2D eigenvalue weighted by atomic mass is 10.1. The van der Waals surface area contributed by atoms with Gasteiger partial charge in [0.05, 0.1) is 0 Å². The van der Waals surface area contributed by atoms with Crippen molar-refractivity contribution in [3.63, 3.8) is 0 Å². The molecule has 4 heteroatoms. The fourth-order valence-corrected chi connectivity index (χ4v) is 3.36. The van der Waals surface area contributed by atoms with E-state index in [1.165, 1.54) is 54.6 Å². The Morgan fingerprint density at radius 2 is 1.89 bits per heavy atom. The lowest BCUT2D eigenvalue weighted by molar-refractivity contribution is 0.121. The molecule has 0 amide bonds. The van der Waals surface area contributed by atoms with Gasteiger partial charge in [0.2, 0.25) is 0 Å². The first-order valence-corrected chi connectivity index (χ1v) is 7.99. The van der Waals surface area contributed by atoms with Gasteiger partial charge in [-0.3, -0.25) is 9.80 Å². The van der Waals surface area contributed by atoms with E-state index in [2.05, 4.69) is 43.9 Å². The fourth-order valence-electron chi connectivity index (χ4n) is 2.81. The first-order valence-electron chi connectivity index (χ1n) is 7.20. The molecular weight excluding hydrogens is 302 g/mol. The number of piperazine rings is 1. The summed E-state index contributed by atoms with van der Waals surface area (Å²) < 4.78 is 1.19. The Morgan fingerprint density at radius 3 is 2.47 bits per heavy atom. The fraction of sp³-hybridized carbons (Fsp3) is 0.600. The smallest absolute Gasteiger partial charge is 0.0246 e. The maximum Gasteiger partial charge on any atom is 0.0246 e. The average Bonchev–Trinajstić information content (AvgIpc) is 3.26. The van der Waals surface area contributed by atoms with Crippen LogP contribution in [-0.2, 0) is 13.1 Å². The van der Waals surface area contributed by atoms with Gasteiger partial charge in [-0.05, 0) is 30.0 Å². The summed E-state index contributed by atoms with van der Waals surface area (Å²) in [7, 11) is 0. The molecule has 19 heavy (non-hydrogen) atoms. The molecule has 0 radical (unpaired) electrons. The van der Waals surface area contributed by atoms with Crippen LogP contribution < -0.4 is 5.73 Å². The molecule has 1 aromatic rings. The van der Waals surface area contributed by atoms with E-state index >= 15 is 0 Å². The highest BCUT2D eigenvalue weighted by molar-refractivity contribution is 9.10. The van der Waals surface area contributed by atoms with Gasteiger partial charge >= 0.3 is 0 Å². The van der Waals surface area contributed by atoms with Crippen LogP contribution in [0.1, 0.15) is 24.0 Å². The second-order valence-corrected chi connectivity index (χ2v) is 6.53. The molecule has 0 spiro atoms. The molecule has 1 saturated carbocycles. The number of nitrogens with two attached hydrogens (primary N) is 1. The molecule has 0 atom stereocenters. The Labute approximate surface area is 123 Å². The van der Waals surface area contributed by atoms with Crippen LogP contribution >= 0.6 is 15.9 Å². The number of halogens is 1. The van der Waals surface area contributed by atoms with Crippen molar-refractivity contribution >= 4 is 15.9 Å². The van der Waals surface area contributed by atoms with Crippen molar-refractivity contribution in [2.45, 2.75) is 32.0 Å². The standard InChI is InChI=1S/C15H22BrN3/c16-15-9-12(10-17)1-2-13(15)11-18-5-7-19(8-6-18)14-3-4-14/h1-2,9,14H,3-8,10-11,17H2. The minimum atomic E-state index is 0.610. The predicted molar refractivity (Wildman–Crippen MR) is 81.9 cm³/mol. The highest BCUT2D eigenvalue weighted by Crippen LogP contribution is 2.28. The molecule has 104 valence electrons. The van der Waals surface area contributed by atoms with E-state index < -0.39 is 0 Å². The monoisotopic (exact) mass is 323 g/mol. The number of benzene rings is 1. The summed E-state index contributed by atoms with van der Waals surface area (Å²) >= 11 is 3.67. The van der Waals surface area contributed by atoms with Crippen LogP contribution in [0.15, 0.2) is 22.7 Å². The van der Waals surface area contributed by atoms with E-state index in [1.807, 2.05) is 0 Å². The third-order valence-corrected chi connectivity index (χ3v) is 4.96. The van der Waals surface area contributed by atoms with Crippen molar-refractivity contribution in [2.24, 2.45) is 5.73 Å². The predicted octanol–water partition coefficient (Wildman–Crippen LogP) is 2.19. The molecule has 2 N–H and O–H groups in total. The molecular formula is C15H22BrN3. The van der Waals surface area contributed by atoms with Gasteiger partial charge in [-0.15, -0.1) is 0 Å². The molecule has 1 saturated heterocycles. The van der Waals surface area contributed by atoms with Crippen LogP contribution in [0, 0.1) is 0 Å². The highest BCUT2D eigenvalue weighted by Gasteiger charge is 2.31. The first-order chi connectivity index (χ1) is 9.26. The van der Waals surface area contributed by atoms with E-state index in [1.54, 1.807) is 0 Å². The molecule has 1 heterocycles. The highest BCUT2D eigenvalue weighted by atomic mass is 79.9. The lowest BCUT2D eigenvalue weighted by Crippen LogP contribution is -2.46. The Kier molecular flexibility index (Phi) is 4.22. The van der Waals surface area contributed by atoms with Crippen LogP contribution in [-0.4, -0.2) is 42.0 Å². The molecule has 1 aliphatic heterocycles. The quantitative estimate of drug-likeness (QED) is 0.921. The van der Waals surface area contributed by atoms with Crippen molar-refractivity contribution in [1.82, 2.24) is 9.80 Å². The van der Waals surface area contributed by atoms with Gasteiger partial charge in [-0.25, -0.2) is 0 Å². The van der Waals surface area contributed by atoms with Gasteiger partial charge in [0.25, 0.3) is 0 Å². The van der Waals surface area contributed by atoms with E-state index in [0.717, 1.165) is 12.6 Å². The summed E-state index contributed by atoms with van der Waals surface area (Å²) in [5.74, 6) is 0. The number of rotatable bonds is 4. The zero-order valence-electron chi connectivity index (χ0n) is 11.3. The molecule has 2 fully saturated rings. The molecule has 3 nitrogen and oxygen atoms in total. The third kappa shape index (κ3) is 3.37. The second-order valence-electron chi connectivity index (χ2n) is 5.67. The summed E-state index contributed by atoms with van der Waals surface area (Å²) in [6.45, 7) is 6.53. The Hall–Kier alpha value is -0.420. The van der Waals surface area contributed by atoms with Gasteiger partial charge < -0.3 is 5.73 Å². The normalized spacial score (nSPS) is 21.8. The van der Waals surface area contributed by atoms with Gasteiger partial charge in [0.15, 0.2) is 0 Å². The summed E-state index contributed by atoms with van der Waals surface area (Å²) in [5, 5.41) is 0. The van der Waals surface area contributed by atoms with Crippen LogP contribution in [0.25, 0.3) is 0 Å². The summed E-state index contributed by atoms with van der Waals surface area (Å²) in [5.41, 5.74) is 8.23. The van der Waals surface area contributed by atoms with Gasteiger partial charge in [-0.2, -0.15) is 0 Å². The molecule has 0 aromatic heterocycles. The minimum Gasteiger partial charge on any atom is -0.326 e. The zero-order valence-corrected chi connectivity index (χ0v) is 12.9. The Morgan fingerprint density at radius 1 is 1.16 bits per heavy atom. The van der Waals surface area contributed by atoms with Gasteiger partial charge in [-0.1, -0.05) is 28.1 Å². The molecule has 2 aliphatic rings. The molecule has 1 aromatic carbocycles. The second kappa shape index (κ2) is 5.92. The van der Waals surface area contributed by atoms with Crippen molar-refractivity contribution in [2.75, 3.05) is 26.2 Å².